The highest BCUT2D eigenvalue weighted by Crippen LogP contribution is 2.20. The van der Waals surface area contributed by atoms with Crippen LogP contribution in [0.4, 0.5) is 9.59 Å². The maximum Gasteiger partial charge on any atom is 0.412 e. The van der Waals surface area contributed by atoms with Crippen LogP contribution in [0.25, 0.3) is 0 Å². The van der Waals surface area contributed by atoms with Gasteiger partial charge in [0.2, 0.25) is 0 Å². The van der Waals surface area contributed by atoms with Crippen molar-refractivity contribution in [2.75, 3.05) is 13.1 Å². The minimum atomic E-state index is -0.836. The number of carbonyl (C=O) groups is 3. The number of nitrogens with two attached hydrogens (primary N) is 1. The average molecular weight is 534 g/mol. The minimum Gasteiger partial charge on any atom is -0.425 e. The summed E-state index contributed by atoms with van der Waals surface area (Å²) in [4.78, 5) is 36.7. The standard InChI is InChI=1S/C30H35N3O6/c31-27(28(34)37-24-15-4-1-5-16-24)23(14-12-22-33-30(36)39-26-19-8-3-9-20-26)13-10-11-21-32-29(35)38-25-17-6-2-7-18-25/h1-9,15-20,23,27H,10-14,21-22,31H2,(H,32,35)(H,33,36). The molecule has 0 saturated carbocycles. The SMILES string of the molecule is NC(C(=O)Oc1ccccc1)C(CCCCNC(=O)Oc1ccccc1)CCCNC(=O)Oc1ccccc1. The number of carbonyl (C=O) groups excluding carboxylic acids is 3. The van der Waals surface area contributed by atoms with Gasteiger partial charge in [0.05, 0.1) is 0 Å². The molecule has 4 N–H and O–H groups in total. The molecule has 0 fully saturated rings. The first-order chi connectivity index (χ1) is 19.0. The van der Waals surface area contributed by atoms with Gasteiger partial charge in [-0.2, -0.15) is 0 Å². The maximum atomic E-state index is 12.7. The van der Waals surface area contributed by atoms with E-state index in [-0.39, 0.29) is 5.92 Å². The Bertz CT molecular complexity index is 1150. The number of amides is 2. The number of ether oxygens (including phenoxy) is 3. The lowest BCUT2D eigenvalue weighted by Gasteiger charge is -2.23. The fourth-order valence-corrected chi connectivity index (χ4v) is 3.91. The van der Waals surface area contributed by atoms with Crippen molar-refractivity contribution in [3.63, 3.8) is 0 Å². The van der Waals surface area contributed by atoms with Gasteiger partial charge in [0.1, 0.15) is 23.3 Å². The van der Waals surface area contributed by atoms with Gasteiger partial charge in [-0.3, -0.25) is 0 Å². The molecule has 0 aromatic heterocycles. The Hall–Kier alpha value is -4.37. The fraction of sp³-hybridized carbons (Fsp3) is 0.300. The van der Waals surface area contributed by atoms with Gasteiger partial charge < -0.3 is 30.6 Å². The second-order valence-electron chi connectivity index (χ2n) is 8.92. The van der Waals surface area contributed by atoms with Gasteiger partial charge in [-0.05, 0) is 68.0 Å². The molecule has 0 aliphatic rings. The molecule has 2 atom stereocenters. The van der Waals surface area contributed by atoms with Crippen LogP contribution in [-0.2, 0) is 4.79 Å². The summed E-state index contributed by atoms with van der Waals surface area (Å²) in [5.74, 6) is 0.679. The van der Waals surface area contributed by atoms with Gasteiger partial charge in [0.25, 0.3) is 0 Å². The number of benzene rings is 3. The summed E-state index contributed by atoms with van der Waals surface area (Å²) in [5, 5.41) is 5.45. The number of hydrogen-bond acceptors (Lipinski definition) is 7. The van der Waals surface area contributed by atoms with E-state index in [1.54, 1.807) is 72.8 Å². The molecule has 2 amide bonds. The van der Waals surface area contributed by atoms with E-state index in [9.17, 15) is 14.4 Å². The first kappa shape index (κ1) is 29.2. The third-order valence-electron chi connectivity index (χ3n) is 5.94. The van der Waals surface area contributed by atoms with Gasteiger partial charge in [0, 0.05) is 13.1 Å². The lowest BCUT2D eigenvalue weighted by molar-refractivity contribution is -0.137. The summed E-state index contributed by atoms with van der Waals surface area (Å²) in [6, 6.07) is 25.6. The van der Waals surface area contributed by atoms with Crippen LogP contribution < -0.4 is 30.6 Å². The summed E-state index contributed by atoms with van der Waals surface area (Å²) >= 11 is 0. The highest BCUT2D eigenvalue weighted by molar-refractivity contribution is 5.78. The smallest absolute Gasteiger partial charge is 0.412 e. The second-order valence-corrected chi connectivity index (χ2v) is 8.92. The molecular weight excluding hydrogens is 498 g/mol. The van der Waals surface area contributed by atoms with E-state index in [1.165, 1.54) is 0 Å². The van der Waals surface area contributed by atoms with Gasteiger partial charge in [-0.15, -0.1) is 0 Å². The van der Waals surface area contributed by atoms with E-state index in [1.807, 2.05) is 18.2 Å². The van der Waals surface area contributed by atoms with Crippen molar-refractivity contribution >= 4 is 18.2 Å². The van der Waals surface area contributed by atoms with E-state index in [4.69, 9.17) is 19.9 Å². The van der Waals surface area contributed by atoms with Gasteiger partial charge in [-0.1, -0.05) is 61.0 Å². The van der Waals surface area contributed by atoms with E-state index >= 15 is 0 Å². The van der Waals surface area contributed by atoms with Crippen LogP contribution in [0.1, 0.15) is 32.1 Å². The van der Waals surface area contributed by atoms with Crippen LogP contribution in [-0.4, -0.2) is 37.3 Å². The molecule has 206 valence electrons. The summed E-state index contributed by atoms with van der Waals surface area (Å²) in [5.41, 5.74) is 6.33. The van der Waals surface area contributed by atoms with Crippen molar-refractivity contribution < 1.29 is 28.6 Å². The van der Waals surface area contributed by atoms with Crippen LogP contribution >= 0.6 is 0 Å². The maximum absolute atomic E-state index is 12.7. The summed E-state index contributed by atoms with van der Waals surface area (Å²) in [7, 11) is 0. The third kappa shape index (κ3) is 11.3. The number of esters is 1. The van der Waals surface area contributed by atoms with E-state index in [0.717, 1.165) is 6.42 Å². The second kappa shape index (κ2) is 16.5. The first-order valence-electron chi connectivity index (χ1n) is 13.0. The topological polar surface area (TPSA) is 129 Å². The molecular formula is C30H35N3O6. The van der Waals surface area contributed by atoms with Crippen LogP contribution in [0.5, 0.6) is 17.2 Å². The Kier molecular flexibility index (Phi) is 12.3. The largest absolute Gasteiger partial charge is 0.425 e. The van der Waals surface area contributed by atoms with Gasteiger partial charge >= 0.3 is 18.2 Å². The predicted octanol–water partition coefficient (Wildman–Crippen LogP) is 5.06. The third-order valence-corrected chi connectivity index (χ3v) is 5.94. The molecule has 0 spiro atoms. The van der Waals surface area contributed by atoms with Crippen LogP contribution in [0.15, 0.2) is 91.0 Å². The highest BCUT2D eigenvalue weighted by Gasteiger charge is 2.26. The van der Waals surface area contributed by atoms with Crippen LogP contribution in [0.2, 0.25) is 0 Å². The van der Waals surface area contributed by atoms with Crippen molar-refractivity contribution in [2.24, 2.45) is 11.7 Å². The van der Waals surface area contributed by atoms with E-state index in [2.05, 4.69) is 10.6 Å². The van der Waals surface area contributed by atoms with E-state index < -0.39 is 24.2 Å². The molecule has 2 unspecified atom stereocenters. The Morgan fingerprint density at radius 1 is 0.590 bits per heavy atom. The predicted molar refractivity (Wildman–Crippen MR) is 148 cm³/mol. The number of unbranched alkanes of at least 4 members (excludes halogenated alkanes) is 1. The molecule has 0 aliphatic carbocycles. The quantitative estimate of drug-likeness (QED) is 0.150. The first-order valence-corrected chi connectivity index (χ1v) is 13.0. The molecule has 3 rings (SSSR count). The van der Waals surface area contributed by atoms with Crippen LogP contribution in [0.3, 0.4) is 0 Å². The molecule has 39 heavy (non-hydrogen) atoms. The molecule has 3 aromatic carbocycles. The molecule has 9 heteroatoms. The van der Waals surface area contributed by atoms with Crippen molar-refractivity contribution in [1.82, 2.24) is 10.6 Å². The van der Waals surface area contributed by atoms with Crippen LogP contribution in [0, 0.1) is 5.92 Å². The normalized spacial score (nSPS) is 12.0. The molecule has 0 heterocycles. The zero-order valence-electron chi connectivity index (χ0n) is 21.8. The average Bonchev–Trinajstić information content (AvgIpc) is 2.95. The van der Waals surface area contributed by atoms with E-state index in [0.29, 0.717) is 56.0 Å². The van der Waals surface area contributed by atoms with Gasteiger partial charge in [-0.25, -0.2) is 14.4 Å². The zero-order chi connectivity index (χ0) is 27.7. The highest BCUT2D eigenvalue weighted by atomic mass is 16.6. The molecule has 9 nitrogen and oxygen atoms in total. The fourth-order valence-electron chi connectivity index (χ4n) is 3.91. The monoisotopic (exact) mass is 533 g/mol. The molecule has 0 radical (unpaired) electrons. The molecule has 0 aliphatic heterocycles. The zero-order valence-corrected chi connectivity index (χ0v) is 21.8. The number of para-hydroxylation sites is 3. The summed E-state index contributed by atoms with van der Waals surface area (Å²) in [6.45, 7) is 0.796. The Balaban J connectivity index is 1.43. The van der Waals surface area contributed by atoms with Crippen molar-refractivity contribution in [3.8, 4) is 17.2 Å². The summed E-state index contributed by atoms with van der Waals surface area (Å²) < 4.78 is 15.9. The lowest BCUT2D eigenvalue weighted by atomic mass is 9.89. The Labute approximate surface area is 228 Å². The minimum absolute atomic E-state index is 0.176. The Morgan fingerprint density at radius 3 is 1.49 bits per heavy atom. The molecule has 3 aromatic rings. The molecule has 0 bridgehead atoms. The lowest BCUT2D eigenvalue weighted by Crippen LogP contribution is -2.41. The summed E-state index contributed by atoms with van der Waals surface area (Å²) in [6.07, 6.45) is 2.19. The van der Waals surface area contributed by atoms with Crippen molar-refractivity contribution in [2.45, 2.75) is 38.1 Å². The van der Waals surface area contributed by atoms with Crippen molar-refractivity contribution in [3.05, 3.63) is 91.0 Å². The number of rotatable bonds is 14. The number of nitrogens with one attached hydrogen (secondary N) is 2. The van der Waals surface area contributed by atoms with Crippen molar-refractivity contribution in [1.29, 1.82) is 0 Å². The molecule has 0 saturated heterocycles. The number of hydrogen-bond donors (Lipinski definition) is 3. The van der Waals surface area contributed by atoms with Gasteiger partial charge in [0.15, 0.2) is 0 Å². The Morgan fingerprint density at radius 2 is 1.00 bits per heavy atom.